The van der Waals surface area contributed by atoms with Gasteiger partial charge in [-0.1, -0.05) is 12.2 Å². The summed E-state index contributed by atoms with van der Waals surface area (Å²) in [6.07, 6.45) is 5.41. The van der Waals surface area contributed by atoms with Crippen molar-refractivity contribution in [2.24, 2.45) is 5.41 Å². The molecule has 4 heterocycles. The molecule has 0 amide bonds. The van der Waals surface area contributed by atoms with E-state index in [1.807, 2.05) is 12.2 Å². The molecule has 1 aliphatic carbocycles. The molecule has 8 nitrogen and oxygen atoms in total. The van der Waals surface area contributed by atoms with Gasteiger partial charge in [0.05, 0.1) is 44.9 Å². The Kier molecular flexibility index (Phi) is 4.35. The summed E-state index contributed by atoms with van der Waals surface area (Å²) in [7, 11) is 4.66. The van der Waals surface area contributed by atoms with Gasteiger partial charge in [-0.15, -0.1) is 0 Å². The van der Waals surface area contributed by atoms with E-state index >= 15 is 0 Å². The molecule has 1 spiro atoms. The van der Waals surface area contributed by atoms with Crippen LogP contribution in [0.15, 0.2) is 18.2 Å². The molecule has 1 aromatic carbocycles. The molecule has 0 N–H and O–H groups in total. The number of benzene rings is 1. The molecule has 5 atom stereocenters. The molecule has 4 aliphatic heterocycles. The molecule has 6 rings (SSSR count). The molecule has 0 bridgehead atoms. The van der Waals surface area contributed by atoms with E-state index in [0.29, 0.717) is 30.3 Å². The number of carbonyl (C=O) groups excluding carboxylic acids is 2. The Morgan fingerprint density at radius 3 is 2.82 bits per heavy atom. The smallest absolute Gasteiger partial charge is 0.306 e. The lowest BCUT2D eigenvalue weighted by Gasteiger charge is -2.55. The maximum absolute atomic E-state index is 13.9. The van der Waals surface area contributed by atoms with Crippen LogP contribution in [-0.2, 0) is 19.7 Å². The summed E-state index contributed by atoms with van der Waals surface area (Å²) in [4.78, 5) is 31.3. The first-order chi connectivity index (χ1) is 15.9. The average Bonchev–Trinajstić information content (AvgIpc) is 3.35. The van der Waals surface area contributed by atoms with Crippen molar-refractivity contribution in [2.45, 2.75) is 49.7 Å². The van der Waals surface area contributed by atoms with Gasteiger partial charge in [-0.05, 0) is 31.5 Å². The number of fused-ring (bicyclic) bond motifs is 1. The van der Waals surface area contributed by atoms with Gasteiger partial charge in [0.15, 0.2) is 11.5 Å². The Morgan fingerprint density at radius 2 is 2.09 bits per heavy atom. The van der Waals surface area contributed by atoms with E-state index in [1.54, 1.807) is 14.2 Å². The van der Waals surface area contributed by atoms with E-state index < -0.39 is 5.41 Å². The Labute approximate surface area is 193 Å². The molecule has 5 aliphatic rings. The second-order valence-corrected chi connectivity index (χ2v) is 9.93. The molecule has 0 radical (unpaired) electrons. The Hall–Kier alpha value is -2.74. The van der Waals surface area contributed by atoms with Crippen molar-refractivity contribution in [3.05, 3.63) is 23.8 Å². The minimum atomic E-state index is -0.892. The minimum Gasteiger partial charge on any atom is -0.493 e. The SMILES string of the molecule is COC(=O)C[C@@]12C=CCN3CC[C@]4(c5cc(OC)c(OC)c6c5N([C@H](C)CO6)[C@@H]4CC1=O)[C@H]32. The van der Waals surface area contributed by atoms with Crippen LogP contribution < -0.4 is 19.1 Å². The summed E-state index contributed by atoms with van der Waals surface area (Å²) in [5.41, 5.74) is 0.959. The van der Waals surface area contributed by atoms with Gasteiger partial charge < -0.3 is 23.8 Å². The number of anilines is 1. The van der Waals surface area contributed by atoms with E-state index in [4.69, 9.17) is 18.9 Å². The normalized spacial score (nSPS) is 35.5. The van der Waals surface area contributed by atoms with Crippen molar-refractivity contribution in [2.75, 3.05) is 45.9 Å². The number of hydrogen-bond donors (Lipinski definition) is 0. The summed E-state index contributed by atoms with van der Waals surface area (Å²) in [6.45, 7) is 4.31. The summed E-state index contributed by atoms with van der Waals surface area (Å²) in [5.74, 6) is 1.70. The molecule has 0 unspecified atom stereocenters. The molecule has 176 valence electrons. The Bertz CT molecular complexity index is 1090. The van der Waals surface area contributed by atoms with Gasteiger partial charge >= 0.3 is 5.97 Å². The van der Waals surface area contributed by atoms with Gasteiger partial charge in [0, 0.05) is 30.5 Å². The highest BCUT2D eigenvalue weighted by atomic mass is 16.5. The van der Waals surface area contributed by atoms with Crippen LogP contribution >= 0.6 is 0 Å². The lowest BCUT2D eigenvalue weighted by atomic mass is 9.52. The lowest BCUT2D eigenvalue weighted by Crippen LogP contribution is -2.68. The highest BCUT2D eigenvalue weighted by molar-refractivity contribution is 5.96. The van der Waals surface area contributed by atoms with E-state index in [1.165, 1.54) is 7.11 Å². The van der Waals surface area contributed by atoms with Crippen molar-refractivity contribution < 1.29 is 28.5 Å². The summed E-state index contributed by atoms with van der Waals surface area (Å²) < 4.78 is 22.8. The largest absolute Gasteiger partial charge is 0.493 e. The van der Waals surface area contributed by atoms with E-state index in [9.17, 15) is 9.59 Å². The molecular weight excluding hydrogens is 424 g/mol. The van der Waals surface area contributed by atoms with Gasteiger partial charge in [0.1, 0.15) is 12.4 Å². The fraction of sp³-hybridized carbons (Fsp3) is 0.600. The standard InChI is InChI=1S/C25H30N2O6/c1-14-13-33-22-20-15(10-16(30-2)21(22)32-4)25-7-9-26-8-5-6-24(23(25)26,12-19(29)31-3)18(28)11-17(25)27(14)20/h5-6,10,14,17,23H,7-9,11-13H2,1-4H3/t14-,17-,23-,24+,25-/m1/s1. The van der Waals surface area contributed by atoms with Gasteiger partial charge in [-0.3, -0.25) is 14.5 Å². The number of methoxy groups -OCH3 is 3. The highest BCUT2D eigenvalue weighted by Gasteiger charge is 2.72. The fourth-order valence-electron chi connectivity index (χ4n) is 7.57. The number of rotatable bonds is 4. The van der Waals surface area contributed by atoms with E-state index in [2.05, 4.69) is 22.8 Å². The fourth-order valence-corrected chi connectivity index (χ4v) is 7.57. The molecule has 33 heavy (non-hydrogen) atoms. The topological polar surface area (TPSA) is 77.5 Å². The van der Waals surface area contributed by atoms with Gasteiger partial charge in [-0.25, -0.2) is 0 Å². The van der Waals surface area contributed by atoms with Gasteiger partial charge in [0.2, 0.25) is 5.75 Å². The van der Waals surface area contributed by atoms with Crippen LogP contribution in [0.2, 0.25) is 0 Å². The number of nitrogens with zero attached hydrogens (tertiary/aromatic N) is 2. The third-order valence-corrected chi connectivity index (χ3v) is 8.70. The third-order valence-electron chi connectivity index (χ3n) is 8.70. The number of Topliss-reactive ketones (excluding diaryl/α,β-unsaturated/α-hetero) is 1. The van der Waals surface area contributed by atoms with Crippen LogP contribution in [-0.4, -0.2) is 75.8 Å². The zero-order chi connectivity index (χ0) is 23.1. The molecule has 1 saturated carbocycles. The number of ether oxygens (including phenoxy) is 4. The van der Waals surface area contributed by atoms with Crippen molar-refractivity contribution in [1.82, 2.24) is 4.90 Å². The average molecular weight is 455 g/mol. The molecular formula is C25H30N2O6. The van der Waals surface area contributed by atoms with Crippen molar-refractivity contribution >= 4 is 17.4 Å². The molecule has 1 saturated heterocycles. The third kappa shape index (κ3) is 2.35. The Balaban J connectivity index is 1.63. The first-order valence-electron chi connectivity index (χ1n) is 11.7. The van der Waals surface area contributed by atoms with Crippen LogP contribution in [0.5, 0.6) is 17.2 Å². The van der Waals surface area contributed by atoms with Crippen LogP contribution in [0, 0.1) is 5.41 Å². The second-order valence-electron chi connectivity index (χ2n) is 9.93. The van der Waals surface area contributed by atoms with Crippen molar-refractivity contribution in [3.8, 4) is 17.2 Å². The lowest BCUT2D eigenvalue weighted by molar-refractivity contribution is -0.151. The van der Waals surface area contributed by atoms with E-state index in [0.717, 1.165) is 30.8 Å². The Morgan fingerprint density at radius 1 is 1.27 bits per heavy atom. The van der Waals surface area contributed by atoms with Crippen molar-refractivity contribution in [1.29, 1.82) is 0 Å². The van der Waals surface area contributed by atoms with Crippen LogP contribution in [0.25, 0.3) is 0 Å². The predicted molar refractivity (Wildman–Crippen MR) is 120 cm³/mol. The van der Waals surface area contributed by atoms with Crippen LogP contribution in [0.3, 0.4) is 0 Å². The zero-order valence-corrected chi connectivity index (χ0v) is 19.6. The summed E-state index contributed by atoms with van der Waals surface area (Å²) >= 11 is 0. The maximum Gasteiger partial charge on any atom is 0.306 e. The first kappa shape index (κ1) is 20.8. The number of esters is 1. The zero-order valence-electron chi connectivity index (χ0n) is 19.6. The van der Waals surface area contributed by atoms with Crippen molar-refractivity contribution in [3.63, 3.8) is 0 Å². The maximum atomic E-state index is 13.9. The number of carbonyl (C=O) groups is 2. The second kappa shape index (κ2) is 6.88. The summed E-state index contributed by atoms with van der Waals surface area (Å²) in [5, 5.41) is 0. The van der Waals surface area contributed by atoms with Crippen LogP contribution in [0.1, 0.15) is 31.7 Å². The highest BCUT2D eigenvalue weighted by Crippen LogP contribution is 2.67. The van der Waals surface area contributed by atoms with E-state index in [-0.39, 0.29) is 41.7 Å². The van der Waals surface area contributed by atoms with Gasteiger partial charge in [-0.2, -0.15) is 0 Å². The number of ketones is 1. The van der Waals surface area contributed by atoms with Crippen LogP contribution in [0.4, 0.5) is 5.69 Å². The molecule has 1 aromatic rings. The first-order valence-corrected chi connectivity index (χ1v) is 11.7. The minimum absolute atomic E-state index is 0.00161. The monoisotopic (exact) mass is 454 g/mol. The molecule has 8 heteroatoms. The van der Waals surface area contributed by atoms with Gasteiger partial charge in [0.25, 0.3) is 0 Å². The predicted octanol–water partition coefficient (Wildman–Crippen LogP) is 2.08. The summed E-state index contributed by atoms with van der Waals surface area (Å²) in [6, 6.07) is 2.09. The molecule has 0 aromatic heterocycles. The number of hydrogen-bond acceptors (Lipinski definition) is 8. The molecule has 2 fully saturated rings. The quantitative estimate of drug-likeness (QED) is 0.506.